The smallest absolute Gasteiger partial charge is 0.261 e. The summed E-state index contributed by atoms with van der Waals surface area (Å²) in [4.78, 5) is 12.5. The van der Waals surface area contributed by atoms with E-state index in [0.29, 0.717) is 16.7 Å². The fourth-order valence-electron chi connectivity index (χ4n) is 2.35. The van der Waals surface area contributed by atoms with Gasteiger partial charge in [-0.3, -0.25) is 4.79 Å². The van der Waals surface area contributed by atoms with E-state index in [9.17, 15) is 13.2 Å². The molecule has 6 heteroatoms. The maximum absolute atomic E-state index is 12.5. The van der Waals surface area contributed by atoms with E-state index in [1.54, 1.807) is 26.8 Å². The van der Waals surface area contributed by atoms with Gasteiger partial charge in [-0.1, -0.05) is 13.0 Å². The van der Waals surface area contributed by atoms with Crippen molar-refractivity contribution >= 4 is 25.6 Å². The zero-order chi connectivity index (χ0) is 16.6. The Balaban J connectivity index is 3.48. The first-order valence-corrected chi connectivity index (χ1v) is 9.09. The highest BCUT2D eigenvalue weighted by Crippen LogP contribution is 2.29. The fourth-order valence-corrected chi connectivity index (χ4v) is 3.97. The topological polar surface area (TPSA) is 63.2 Å². The average molecular weight is 332 g/mol. The van der Waals surface area contributed by atoms with E-state index in [1.807, 2.05) is 20.8 Å². The number of amides is 1. The Morgan fingerprint density at radius 2 is 1.76 bits per heavy atom. The van der Waals surface area contributed by atoms with Crippen molar-refractivity contribution in [2.24, 2.45) is 0 Å². The zero-order valence-corrected chi connectivity index (χ0v) is 14.9. The lowest BCUT2D eigenvalue weighted by Gasteiger charge is -2.26. The van der Waals surface area contributed by atoms with E-state index in [-0.39, 0.29) is 16.3 Å². The maximum Gasteiger partial charge on any atom is 0.261 e. The van der Waals surface area contributed by atoms with Gasteiger partial charge in [-0.25, -0.2) is 8.42 Å². The van der Waals surface area contributed by atoms with Crippen LogP contribution in [0, 0.1) is 20.8 Å². The van der Waals surface area contributed by atoms with E-state index in [1.165, 1.54) is 0 Å². The minimum absolute atomic E-state index is 0.0224. The van der Waals surface area contributed by atoms with Gasteiger partial charge >= 0.3 is 0 Å². The number of rotatable bonds is 4. The van der Waals surface area contributed by atoms with Gasteiger partial charge in [0.1, 0.15) is 0 Å². The Morgan fingerprint density at radius 1 is 1.24 bits per heavy atom. The summed E-state index contributed by atoms with van der Waals surface area (Å²) in [7, 11) is 1.61. The highest BCUT2D eigenvalue weighted by atomic mass is 35.7. The fraction of sp³-hybridized carbons (Fsp3) is 0.533. The molecule has 1 aromatic rings. The molecule has 0 aliphatic heterocycles. The first kappa shape index (κ1) is 18.0. The molecule has 1 N–H and O–H groups in total. The Hall–Kier alpha value is -1.07. The molecule has 1 aromatic carbocycles. The van der Waals surface area contributed by atoms with Crippen molar-refractivity contribution in [1.29, 1.82) is 0 Å². The number of halogens is 1. The van der Waals surface area contributed by atoms with Crippen LogP contribution in [-0.2, 0) is 9.05 Å². The summed E-state index contributed by atoms with van der Waals surface area (Å²) in [5, 5.41) is 2.93. The molecule has 0 fully saturated rings. The van der Waals surface area contributed by atoms with Crippen LogP contribution >= 0.6 is 10.7 Å². The van der Waals surface area contributed by atoms with Crippen LogP contribution in [-0.4, -0.2) is 19.9 Å². The van der Waals surface area contributed by atoms with E-state index < -0.39 is 9.05 Å². The van der Waals surface area contributed by atoms with Crippen molar-refractivity contribution in [3.05, 3.63) is 28.3 Å². The largest absolute Gasteiger partial charge is 0.347 e. The number of hydrogen-bond donors (Lipinski definition) is 1. The first-order chi connectivity index (χ1) is 9.40. The molecule has 1 rings (SSSR count). The number of carbonyl (C=O) groups excluding carboxylic acids is 1. The summed E-state index contributed by atoms with van der Waals surface area (Å²) >= 11 is 0. The van der Waals surface area contributed by atoms with E-state index in [4.69, 9.17) is 10.7 Å². The molecule has 0 saturated heterocycles. The highest BCUT2D eigenvalue weighted by Gasteiger charge is 2.26. The Morgan fingerprint density at radius 3 is 2.19 bits per heavy atom. The van der Waals surface area contributed by atoms with Gasteiger partial charge in [-0.2, -0.15) is 0 Å². The van der Waals surface area contributed by atoms with Crippen LogP contribution in [0.5, 0.6) is 0 Å². The van der Waals surface area contributed by atoms with E-state index in [0.717, 1.165) is 12.0 Å². The van der Waals surface area contributed by atoms with Gasteiger partial charge in [0.2, 0.25) is 0 Å². The van der Waals surface area contributed by atoms with Gasteiger partial charge in [-0.05, 0) is 57.7 Å². The molecule has 0 radical (unpaired) electrons. The van der Waals surface area contributed by atoms with Crippen LogP contribution in [0.2, 0.25) is 0 Å². The molecule has 0 aliphatic carbocycles. The monoisotopic (exact) mass is 331 g/mol. The molecule has 0 bridgehead atoms. The number of aryl methyl sites for hydroxylation is 2. The van der Waals surface area contributed by atoms with Gasteiger partial charge in [0.15, 0.2) is 0 Å². The predicted octanol–water partition coefficient (Wildman–Crippen LogP) is 3.46. The van der Waals surface area contributed by atoms with Crippen molar-refractivity contribution in [3.63, 3.8) is 0 Å². The van der Waals surface area contributed by atoms with Crippen LogP contribution in [0.25, 0.3) is 0 Å². The normalized spacial score (nSPS) is 12.3. The third-order valence-electron chi connectivity index (χ3n) is 3.71. The van der Waals surface area contributed by atoms with Crippen LogP contribution in [0.1, 0.15) is 54.2 Å². The van der Waals surface area contributed by atoms with Crippen LogP contribution in [0.15, 0.2) is 11.0 Å². The summed E-state index contributed by atoms with van der Waals surface area (Å²) in [6.45, 7) is 10.9. The zero-order valence-electron chi connectivity index (χ0n) is 13.3. The van der Waals surface area contributed by atoms with Crippen molar-refractivity contribution in [1.82, 2.24) is 5.32 Å². The molecule has 21 heavy (non-hydrogen) atoms. The lowest BCUT2D eigenvalue weighted by Crippen LogP contribution is -2.43. The van der Waals surface area contributed by atoms with Crippen molar-refractivity contribution in [3.8, 4) is 0 Å². The molecule has 0 spiro atoms. The molecule has 0 saturated carbocycles. The van der Waals surface area contributed by atoms with Gasteiger partial charge < -0.3 is 5.32 Å². The Bertz CT molecular complexity index is 679. The second-order valence-corrected chi connectivity index (χ2v) is 8.47. The average Bonchev–Trinajstić information content (AvgIpc) is 2.24. The third kappa shape index (κ3) is 3.98. The lowest BCUT2D eigenvalue weighted by atomic mass is 9.96. The lowest BCUT2D eigenvalue weighted by molar-refractivity contribution is 0.0909. The Labute approximate surface area is 131 Å². The van der Waals surface area contributed by atoms with Crippen molar-refractivity contribution < 1.29 is 13.2 Å². The summed E-state index contributed by atoms with van der Waals surface area (Å²) in [6, 6.07) is 1.68. The van der Waals surface area contributed by atoms with Crippen molar-refractivity contribution in [2.45, 2.75) is 58.4 Å². The molecule has 1 amide bonds. The minimum Gasteiger partial charge on any atom is -0.347 e. The van der Waals surface area contributed by atoms with Crippen LogP contribution in [0.4, 0.5) is 0 Å². The quantitative estimate of drug-likeness (QED) is 0.859. The van der Waals surface area contributed by atoms with E-state index in [2.05, 4.69) is 5.32 Å². The van der Waals surface area contributed by atoms with Gasteiger partial charge in [0.05, 0.1) is 4.90 Å². The standard InChI is InChI=1S/C15H22ClNO3S/c1-7-15(5,6)17-14(18)12-9(2)8-10(3)13(11(12)4)21(16,19)20/h8H,7H2,1-6H3,(H,17,18). The molecule has 0 aromatic heterocycles. The second-order valence-electron chi connectivity index (χ2n) is 5.97. The van der Waals surface area contributed by atoms with Crippen molar-refractivity contribution in [2.75, 3.05) is 0 Å². The predicted molar refractivity (Wildman–Crippen MR) is 85.5 cm³/mol. The minimum atomic E-state index is -3.89. The summed E-state index contributed by atoms with van der Waals surface area (Å²) in [6.07, 6.45) is 0.767. The molecule has 0 heterocycles. The third-order valence-corrected chi connectivity index (χ3v) is 5.29. The SMILES string of the molecule is CCC(C)(C)NC(=O)c1c(C)cc(C)c(S(=O)(=O)Cl)c1C. The summed E-state index contributed by atoms with van der Waals surface area (Å²) < 4.78 is 23.5. The number of benzene rings is 1. The number of carbonyl (C=O) groups is 1. The molecule has 0 unspecified atom stereocenters. The summed E-state index contributed by atoms with van der Waals surface area (Å²) in [5.41, 5.74) is 1.69. The molecule has 0 atom stereocenters. The molecule has 4 nitrogen and oxygen atoms in total. The molecule has 0 aliphatic rings. The number of nitrogens with one attached hydrogen (secondary N) is 1. The number of hydrogen-bond acceptors (Lipinski definition) is 3. The van der Waals surface area contributed by atoms with Gasteiger partial charge in [0, 0.05) is 21.8 Å². The highest BCUT2D eigenvalue weighted by molar-refractivity contribution is 8.13. The first-order valence-electron chi connectivity index (χ1n) is 6.78. The van der Waals surface area contributed by atoms with Crippen LogP contribution in [0.3, 0.4) is 0 Å². The van der Waals surface area contributed by atoms with E-state index >= 15 is 0 Å². The van der Waals surface area contributed by atoms with Gasteiger partial charge in [0.25, 0.3) is 15.0 Å². The molecule has 118 valence electrons. The summed E-state index contributed by atoms with van der Waals surface area (Å²) in [5.74, 6) is -0.279. The molecular weight excluding hydrogens is 310 g/mol. The molecular formula is C15H22ClNO3S. The second kappa shape index (κ2) is 5.97. The van der Waals surface area contributed by atoms with Gasteiger partial charge in [-0.15, -0.1) is 0 Å². The maximum atomic E-state index is 12.5. The Kier molecular flexibility index (Phi) is 5.11. The van der Waals surface area contributed by atoms with Crippen LogP contribution < -0.4 is 5.32 Å².